The summed E-state index contributed by atoms with van der Waals surface area (Å²) in [7, 11) is 0. The van der Waals surface area contributed by atoms with E-state index in [1.807, 2.05) is 0 Å². The van der Waals surface area contributed by atoms with Gasteiger partial charge in [0.25, 0.3) is 5.06 Å². The second-order valence-corrected chi connectivity index (χ2v) is 5.33. The first-order valence-electron chi connectivity index (χ1n) is 5.03. The van der Waals surface area contributed by atoms with Crippen LogP contribution >= 0.6 is 34.5 Å². The molecule has 2 rings (SSSR count). The van der Waals surface area contributed by atoms with Crippen LogP contribution in [-0.2, 0) is 0 Å². The van der Waals surface area contributed by atoms with Crippen molar-refractivity contribution >= 4 is 46.2 Å². The summed E-state index contributed by atoms with van der Waals surface area (Å²) < 4.78 is 5.31. The van der Waals surface area contributed by atoms with Crippen molar-refractivity contribution in [1.82, 2.24) is 0 Å². The standard InChI is InChI=1S/C11H5Cl2NO5S/c12-5-2-1-3-6(13)9(5)19-11-7(14(17)18)4-8(20-11)10(15)16/h1-4H,(H,15,16). The molecular weight excluding hydrogens is 329 g/mol. The lowest BCUT2D eigenvalue weighted by atomic mass is 10.3. The van der Waals surface area contributed by atoms with Gasteiger partial charge in [-0.1, -0.05) is 40.6 Å². The lowest BCUT2D eigenvalue weighted by Gasteiger charge is -2.06. The molecular formula is C11H5Cl2NO5S. The summed E-state index contributed by atoms with van der Waals surface area (Å²) in [5.41, 5.74) is -0.455. The number of hydrogen-bond donors (Lipinski definition) is 1. The maximum absolute atomic E-state index is 10.9. The van der Waals surface area contributed by atoms with E-state index in [-0.39, 0.29) is 25.7 Å². The Balaban J connectivity index is 2.47. The average molecular weight is 334 g/mol. The number of para-hydroxylation sites is 1. The Labute approximate surface area is 126 Å². The summed E-state index contributed by atoms with van der Waals surface area (Å²) in [6.45, 7) is 0. The van der Waals surface area contributed by atoms with E-state index in [1.54, 1.807) is 6.07 Å². The van der Waals surface area contributed by atoms with Crippen LogP contribution in [-0.4, -0.2) is 16.0 Å². The van der Waals surface area contributed by atoms with Gasteiger partial charge in [-0.3, -0.25) is 10.1 Å². The Kier molecular flexibility index (Phi) is 4.12. The highest BCUT2D eigenvalue weighted by molar-refractivity contribution is 7.16. The van der Waals surface area contributed by atoms with E-state index in [4.69, 9.17) is 33.0 Å². The number of benzene rings is 1. The van der Waals surface area contributed by atoms with Crippen molar-refractivity contribution in [3.05, 3.63) is 49.3 Å². The molecule has 0 saturated carbocycles. The lowest BCUT2D eigenvalue weighted by Crippen LogP contribution is -1.91. The molecule has 0 amide bonds. The van der Waals surface area contributed by atoms with E-state index >= 15 is 0 Å². The maximum atomic E-state index is 10.9. The molecule has 0 aliphatic carbocycles. The molecule has 0 aliphatic rings. The van der Waals surface area contributed by atoms with Crippen LogP contribution in [0.15, 0.2) is 24.3 Å². The molecule has 9 heteroatoms. The number of carbonyl (C=O) groups is 1. The van der Waals surface area contributed by atoms with Crippen molar-refractivity contribution < 1.29 is 19.6 Å². The highest BCUT2D eigenvalue weighted by atomic mass is 35.5. The van der Waals surface area contributed by atoms with Crippen LogP contribution in [0, 0.1) is 10.1 Å². The number of rotatable bonds is 4. The number of carboxylic acid groups (broad SMARTS) is 1. The van der Waals surface area contributed by atoms with Gasteiger partial charge in [-0.05, 0) is 12.1 Å². The first kappa shape index (κ1) is 14.6. The third-order valence-corrected chi connectivity index (χ3v) is 3.79. The molecule has 1 N–H and O–H groups in total. The van der Waals surface area contributed by atoms with Gasteiger partial charge in [-0.15, -0.1) is 0 Å². The molecule has 0 saturated heterocycles. The molecule has 0 radical (unpaired) electrons. The van der Waals surface area contributed by atoms with Crippen molar-refractivity contribution in [3.8, 4) is 10.8 Å². The molecule has 1 heterocycles. The van der Waals surface area contributed by atoms with Gasteiger partial charge < -0.3 is 9.84 Å². The fourth-order valence-electron chi connectivity index (χ4n) is 1.34. The first-order chi connectivity index (χ1) is 9.40. The van der Waals surface area contributed by atoms with Crippen LogP contribution in [0.3, 0.4) is 0 Å². The van der Waals surface area contributed by atoms with Crippen LogP contribution in [0.2, 0.25) is 10.0 Å². The molecule has 0 spiro atoms. The van der Waals surface area contributed by atoms with Gasteiger partial charge in [0.15, 0.2) is 5.75 Å². The smallest absolute Gasteiger partial charge is 0.346 e. The molecule has 6 nitrogen and oxygen atoms in total. The number of ether oxygens (including phenoxy) is 1. The normalized spacial score (nSPS) is 10.3. The third kappa shape index (κ3) is 2.84. The minimum atomic E-state index is -1.28. The lowest BCUT2D eigenvalue weighted by molar-refractivity contribution is -0.385. The molecule has 2 aromatic rings. The minimum absolute atomic E-state index is 0.0396. The number of aromatic carboxylic acids is 1. The Hall–Kier alpha value is -1.83. The number of nitro groups is 1. The van der Waals surface area contributed by atoms with E-state index in [0.717, 1.165) is 6.07 Å². The van der Waals surface area contributed by atoms with Crippen LogP contribution in [0.5, 0.6) is 10.8 Å². The van der Waals surface area contributed by atoms with Crippen LogP contribution in [0.25, 0.3) is 0 Å². The number of halogens is 2. The molecule has 20 heavy (non-hydrogen) atoms. The first-order valence-corrected chi connectivity index (χ1v) is 6.60. The summed E-state index contributed by atoms with van der Waals surface area (Å²) in [5.74, 6) is -1.24. The average Bonchev–Trinajstić information content (AvgIpc) is 2.78. The molecule has 0 atom stereocenters. The zero-order valence-corrected chi connectivity index (χ0v) is 11.8. The fraction of sp³-hybridized carbons (Fsp3) is 0. The maximum Gasteiger partial charge on any atom is 0.346 e. The second kappa shape index (κ2) is 5.66. The fourth-order valence-corrected chi connectivity index (χ4v) is 2.64. The Morgan fingerprint density at radius 2 is 1.95 bits per heavy atom. The second-order valence-electron chi connectivity index (χ2n) is 3.50. The van der Waals surface area contributed by atoms with E-state index in [2.05, 4.69) is 0 Å². The van der Waals surface area contributed by atoms with Crippen molar-refractivity contribution in [2.45, 2.75) is 0 Å². The Bertz CT molecular complexity index is 680. The zero-order chi connectivity index (χ0) is 14.9. The largest absolute Gasteiger partial charge is 0.477 e. The molecule has 0 aliphatic heterocycles. The van der Waals surface area contributed by atoms with Gasteiger partial charge in [0, 0.05) is 6.07 Å². The summed E-state index contributed by atoms with van der Waals surface area (Å²) in [6, 6.07) is 5.51. The predicted molar refractivity (Wildman–Crippen MR) is 74.5 cm³/mol. The molecule has 0 fully saturated rings. The van der Waals surface area contributed by atoms with Crippen molar-refractivity contribution in [3.63, 3.8) is 0 Å². The summed E-state index contributed by atoms with van der Waals surface area (Å²) >= 11 is 12.4. The van der Waals surface area contributed by atoms with Gasteiger partial charge in [0.2, 0.25) is 0 Å². The highest BCUT2D eigenvalue weighted by Crippen LogP contribution is 2.43. The SMILES string of the molecule is O=C(O)c1cc([N+](=O)[O-])c(Oc2c(Cl)cccc2Cl)s1. The summed E-state index contributed by atoms with van der Waals surface area (Å²) in [6.07, 6.45) is 0. The van der Waals surface area contributed by atoms with Crippen LogP contribution in [0.4, 0.5) is 5.69 Å². The topological polar surface area (TPSA) is 89.7 Å². The Morgan fingerprint density at radius 3 is 2.45 bits per heavy atom. The Morgan fingerprint density at radius 1 is 1.35 bits per heavy atom. The minimum Gasteiger partial charge on any atom is -0.477 e. The van der Waals surface area contributed by atoms with E-state index in [1.165, 1.54) is 12.1 Å². The van der Waals surface area contributed by atoms with Gasteiger partial charge in [-0.25, -0.2) is 4.79 Å². The van der Waals surface area contributed by atoms with E-state index in [9.17, 15) is 14.9 Å². The van der Waals surface area contributed by atoms with E-state index < -0.39 is 16.6 Å². The number of thiophene rings is 1. The van der Waals surface area contributed by atoms with Gasteiger partial charge in [0.1, 0.15) is 4.88 Å². The molecule has 104 valence electrons. The number of carboxylic acids is 1. The monoisotopic (exact) mass is 333 g/mol. The zero-order valence-electron chi connectivity index (χ0n) is 9.50. The molecule has 1 aromatic carbocycles. The van der Waals surface area contributed by atoms with Gasteiger partial charge in [0.05, 0.1) is 15.0 Å². The third-order valence-electron chi connectivity index (χ3n) is 2.20. The van der Waals surface area contributed by atoms with Crippen LogP contribution < -0.4 is 4.74 Å². The van der Waals surface area contributed by atoms with Gasteiger partial charge >= 0.3 is 11.7 Å². The van der Waals surface area contributed by atoms with Gasteiger partial charge in [-0.2, -0.15) is 0 Å². The van der Waals surface area contributed by atoms with Crippen molar-refractivity contribution in [2.75, 3.05) is 0 Å². The quantitative estimate of drug-likeness (QED) is 0.659. The number of hydrogen-bond acceptors (Lipinski definition) is 5. The van der Waals surface area contributed by atoms with Crippen molar-refractivity contribution in [2.24, 2.45) is 0 Å². The van der Waals surface area contributed by atoms with E-state index in [0.29, 0.717) is 11.3 Å². The number of nitrogens with zero attached hydrogens (tertiary/aromatic N) is 1. The van der Waals surface area contributed by atoms with Crippen LogP contribution in [0.1, 0.15) is 9.67 Å². The summed E-state index contributed by atoms with van der Waals surface area (Å²) in [5, 5.41) is 19.9. The molecule has 1 aromatic heterocycles. The molecule has 0 unspecified atom stereocenters. The predicted octanol–water partition coefficient (Wildman–Crippen LogP) is 4.45. The summed E-state index contributed by atoms with van der Waals surface area (Å²) in [4.78, 5) is 20.8. The highest BCUT2D eigenvalue weighted by Gasteiger charge is 2.25. The van der Waals surface area contributed by atoms with Crippen molar-refractivity contribution in [1.29, 1.82) is 0 Å². The molecule has 0 bridgehead atoms.